The predicted molar refractivity (Wildman–Crippen MR) is 282 cm³/mol. The smallest absolute Gasteiger partial charge is 0.136 e. The van der Waals surface area contributed by atoms with Crippen molar-refractivity contribution in [3.63, 3.8) is 0 Å². The third-order valence-electron chi connectivity index (χ3n) is 13.7. The number of hydrogen-bond acceptors (Lipinski definition) is 10. The largest absolute Gasteiger partial charge is 0.328 e. The lowest BCUT2D eigenvalue weighted by Crippen LogP contribution is -2.27. The summed E-state index contributed by atoms with van der Waals surface area (Å²) in [6.45, 7) is 13.5. The van der Waals surface area contributed by atoms with Gasteiger partial charge in [0.15, 0.2) is 0 Å². The number of rotatable bonds is 9. The first-order chi connectivity index (χ1) is 33.2. The molecule has 11 nitrogen and oxygen atoms in total. The van der Waals surface area contributed by atoms with Gasteiger partial charge >= 0.3 is 0 Å². The number of hydrogen-bond donors (Lipinski definition) is 0. The van der Waals surface area contributed by atoms with Crippen LogP contribution in [0.15, 0.2) is 183 Å². The molecule has 0 saturated heterocycles. The molecule has 0 fully saturated rings. The van der Waals surface area contributed by atoms with E-state index in [4.69, 9.17) is 9.97 Å². The molecule has 7 heterocycles. The van der Waals surface area contributed by atoms with Crippen LogP contribution in [0.2, 0.25) is 0 Å². The lowest BCUT2D eigenvalue weighted by molar-refractivity contribution is 0.948. The molecule has 12 rings (SSSR count). The predicted octanol–water partition coefficient (Wildman–Crippen LogP) is 12.1. The van der Waals surface area contributed by atoms with Gasteiger partial charge in [-0.25, -0.2) is 9.97 Å². The van der Waals surface area contributed by atoms with Crippen LogP contribution >= 0.6 is 0 Å². The van der Waals surface area contributed by atoms with E-state index in [0.717, 1.165) is 73.3 Å². The molecule has 68 heavy (non-hydrogen) atoms. The van der Waals surface area contributed by atoms with E-state index in [1.54, 1.807) is 0 Å². The number of pyridine rings is 2. The van der Waals surface area contributed by atoms with Gasteiger partial charge in [-0.3, -0.25) is 0 Å². The molecule has 5 aromatic carbocycles. The van der Waals surface area contributed by atoms with Gasteiger partial charge in [0.1, 0.15) is 25.0 Å². The first-order valence-corrected chi connectivity index (χ1v) is 23.3. The van der Waals surface area contributed by atoms with Gasteiger partial charge in [-0.1, -0.05) is 70.8 Å². The molecule has 0 N–H and O–H groups in total. The minimum atomic E-state index is 0.655. The zero-order chi connectivity index (χ0) is 46.0. The van der Waals surface area contributed by atoms with Crippen molar-refractivity contribution in [2.45, 2.75) is 34.6 Å². The maximum Gasteiger partial charge on any atom is 0.136 e. The lowest BCUT2D eigenvalue weighted by atomic mass is 10.1. The summed E-state index contributed by atoms with van der Waals surface area (Å²) in [5.41, 5.74) is 16.2. The van der Waals surface area contributed by atoms with Gasteiger partial charge in [0.05, 0.1) is 30.1 Å². The van der Waals surface area contributed by atoms with Gasteiger partial charge in [-0.05, 0) is 101 Å². The quantitative estimate of drug-likeness (QED) is 0.140. The molecule has 0 aliphatic carbocycles. The number of nitrogens with zero attached hydrogens (tertiary/aromatic N) is 11. The van der Waals surface area contributed by atoms with Gasteiger partial charge in [-0.15, -0.1) is 0 Å². The Balaban J connectivity index is 0.992. The molecule has 0 spiro atoms. The highest BCUT2D eigenvalue weighted by atomic mass is 15.4. The van der Waals surface area contributed by atoms with E-state index in [9.17, 15) is 0 Å². The van der Waals surface area contributed by atoms with Crippen LogP contribution in [0.3, 0.4) is 0 Å². The number of aromatic nitrogens is 3. The number of aryl methyl sites for hydroxylation is 4. The fourth-order valence-electron chi connectivity index (χ4n) is 9.67. The van der Waals surface area contributed by atoms with Crippen molar-refractivity contribution in [3.8, 4) is 5.69 Å². The highest BCUT2D eigenvalue weighted by molar-refractivity contribution is 6.10. The van der Waals surface area contributed by atoms with Crippen molar-refractivity contribution >= 4 is 67.6 Å². The summed E-state index contributed by atoms with van der Waals surface area (Å²) in [7, 11) is 0. The Kier molecular flexibility index (Phi) is 9.93. The summed E-state index contributed by atoms with van der Waals surface area (Å²) in [5.74, 6) is 1.74. The van der Waals surface area contributed by atoms with Crippen LogP contribution in [0, 0.1) is 34.6 Å². The Bertz CT molecular complexity index is 3110. The topological polar surface area (TPSA) is 56.6 Å². The molecular formula is C57H53N11. The van der Waals surface area contributed by atoms with Gasteiger partial charge in [-0.2, -0.15) is 0 Å². The minimum absolute atomic E-state index is 0.655. The Labute approximate surface area is 397 Å². The summed E-state index contributed by atoms with van der Waals surface area (Å²) in [6.07, 6.45) is 21.4. The molecule has 8 aromatic rings. The lowest BCUT2D eigenvalue weighted by Gasteiger charge is -2.29. The van der Waals surface area contributed by atoms with Crippen LogP contribution in [0.25, 0.3) is 27.5 Å². The van der Waals surface area contributed by atoms with Crippen LogP contribution in [0.1, 0.15) is 27.8 Å². The van der Waals surface area contributed by atoms with Crippen LogP contribution < -0.4 is 39.2 Å². The van der Waals surface area contributed by atoms with Gasteiger partial charge in [0.2, 0.25) is 0 Å². The summed E-state index contributed by atoms with van der Waals surface area (Å²) in [6, 6.07) is 44.1. The average molecular weight is 892 g/mol. The van der Waals surface area contributed by atoms with E-state index in [0.29, 0.717) is 26.7 Å². The first kappa shape index (κ1) is 41.0. The van der Waals surface area contributed by atoms with Crippen molar-refractivity contribution < 1.29 is 0 Å². The summed E-state index contributed by atoms with van der Waals surface area (Å²) in [5, 5.41) is 2.09. The summed E-state index contributed by atoms with van der Waals surface area (Å²) in [4.78, 5) is 28.6. The van der Waals surface area contributed by atoms with Gasteiger partial charge in [0, 0.05) is 119 Å². The minimum Gasteiger partial charge on any atom is -0.328 e. The van der Waals surface area contributed by atoms with E-state index < -0.39 is 0 Å². The number of anilines is 8. The molecule has 0 radical (unpaired) electrons. The highest BCUT2D eigenvalue weighted by Gasteiger charge is 2.27. The molecule has 4 aliphatic rings. The fourth-order valence-corrected chi connectivity index (χ4v) is 9.67. The molecule has 3 aromatic heterocycles. The third-order valence-corrected chi connectivity index (χ3v) is 13.7. The standard InChI is InChI=1S/C57H53N11/c1-40-6-14-45(15-7-40)60-22-26-64(36-60)52-30-49(31-53(44(52)5)65-27-23-61(37-65)46-16-8-41(2)9-17-46)68-54-32-56(66-28-24-62(38-66)47-18-10-42(3)11-19-47)58-34-50(54)51-35-59-57(33-55(51)68)67-29-25-63(39-67)48-20-12-43(4)13-21-48/h6-35H,36-39H2,1-5H3. The molecule has 336 valence electrons. The van der Waals surface area contributed by atoms with Crippen LogP contribution in [-0.4, -0.2) is 41.2 Å². The zero-order valence-electron chi connectivity index (χ0n) is 39.1. The number of fused-ring (bicyclic) bond motifs is 3. The van der Waals surface area contributed by atoms with E-state index in [1.807, 2.05) is 12.4 Å². The van der Waals surface area contributed by atoms with Crippen molar-refractivity contribution in [2.24, 2.45) is 0 Å². The van der Waals surface area contributed by atoms with Gasteiger partial charge in [0.25, 0.3) is 0 Å². The molecule has 0 saturated carbocycles. The Morgan fingerprint density at radius 2 is 0.618 bits per heavy atom. The fraction of sp³-hybridized carbons (Fsp3) is 0.158. The molecule has 0 atom stereocenters. The van der Waals surface area contributed by atoms with Crippen LogP contribution in [0.4, 0.5) is 45.8 Å². The zero-order valence-corrected chi connectivity index (χ0v) is 39.1. The highest BCUT2D eigenvalue weighted by Crippen LogP contribution is 2.42. The molecule has 0 amide bonds. The summed E-state index contributed by atoms with van der Waals surface area (Å²) < 4.78 is 2.43. The average Bonchev–Trinajstić information content (AvgIpc) is 4.23. The Morgan fingerprint density at radius 1 is 0.324 bits per heavy atom. The van der Waals surface area contributed by atoms with Crippen molar-refractivity contribution in [1.29, 1.82) is 0 Å². The Morgan fingerprint density at radius 3 is 0.956 bits per heavy atom. The van der Waals surface area contributed by atoms with E-state index >= 15 is 0 Å². The second kappa shape index (κ2) is 16.5. The van der Waals surface area contributed by atoms with Crippen LogP contribution in [-0.2, 0) is 0 Å². The number of benzene rings is 5. The SMILES string of the molecule is Cc1ccc(N2C=CN(c3cc4c(cn3)c3cnc(N5C=CN(c6ccc(C)cc6)C5)cc3n4-c3cc(N4C=CN(c5ccc(C)cc5)C4)c(C)c(N4C=CN(c5ccc(C)cc5)C4)c3)C2)cc1. The molecule has 0 unspecified atom stereocenters. The van der Waals surface area contributed by atoms with Crippen molar-refractivity contribution in [2.75, 3.05) is 65.9 Å². The maximum absolute atomic E-state index is 5.13. The van der Waals surface area contributed by atoms with E-state index in [-0.39, 0.29) is 0 Å². The third kappa shape index (κ3) is 7.42. The summed E-state index contributed by atoms with van der Waals surface area (Å²) >= 11 is 0. The molecular weight excluding hydrogens is 839 g/mol. The second-order valence-corrected chi connectivity index (χ2v) is 18.4. The van der Waals surface area contributed by atoms with Crippen molar-refractivity contribution in [1.82, 2.24) is 14.5 Å². The van der Waals surface area contributed by atoms with Crippen LogP contribution in [0.5, 0.6) is 0 Å². The van der Waals surface area contributed by atoms with Crippen molar-refractivity contribution in [3.05, 3.63) is 211 Å². The normalized spacial score (nSPS) is 15.6. The Hall–Kier alpha value is -8.44. The van der Waals surface area contributed by atoms with E-state index in [2.05, 4.69) is 249 Å². The maximum atomic E-state index is 5.13. The van der Waals surface area contributed by atoms with E-state index in [1.165, 1.54) is 27.8 Å². The molecule has 0 bridgehead atoms. The van der Waals surface area contributed by atoms with Gasteiger partial charge < -0.3 is 43.8 Å². The first-order valence-electron chi connectivity index (χ1n) is 23.3. The monoisotopic (exact) mass is 891 g/mol. The molecule has 4 aliphatic heterocycles. The molecule has 11 heteroatoms. The second-order valence-electron chi connectivity index (χ2n) is 18.4.